The number of anilines is 1. The smallest absolute Gasteiger partial charge is 0.452 e. The minimum atomic E-state index is -4.76. The number of pyridine rings is 1. The van der Waals surface area contributed by atoms with Crippen LogP contribution < -0.4 is 21.3 Å². The summed E-state index contributed by atoms with van der Waals surface area (Å²) in [6.07, 6.45) is -3.35. The van der Waals surface area contributed by atoms with Gasteiger partial charge in [0, 0.05) is 34.0 Å². The standard InChI is InChI=1S/C27H21ClF4N4O5/c1-3-21(26(39)34-14-5-7-16(25(33)38)19(29)9-14)36-12-22(40-2)18(10-24(36)37)17-8-13(28)4-6-15(17)20-11-23(41-35-20)27(30,31)32/h4-12,21H,3H2,1-2H3,(H2,33,38)(H,34,39). The minimum absolute atomic E-state index is 0.0296. The number of hydrogen-bond donors (Lipinski definition) is 2. The Morgan fingerprint density at radius 1 is 1.12 bits per heavy atom. The number of alkyl halides is 3. The second kappa shape index (κ2) is 11.5. The molecule has 2 aromatic carbocycles. The van der Waals surface area contributed by atoms with E-state index < -0.39 is 41.2 Å². The van der Waals surface area contributed by atoms with Crippen molar-refractivity contribution in [3.05, 3.63) is 87.2 Å². The van der Waals surface area contributed by atoms with Crippen LogP contribution in [0.15, 0.2) is 64.0 Å². The zero-order chi connectivity index (χ0) is 30.1. The third-order valence-corrected chi connectivity index (χ3v) is 6.36. The van der Waals surface area contributed by atoms with Crippen molar-refractivity contribution in [2.45, 2.75) is 25.6 Å². The molecule has 0 radical (unpaired) electrons. The van der Waals surface area contributed by atoms with Crippen LogP contribution in [0.2, 0.25) is 5.02 Å². The summed E-state index contributed by atoms with van der Waals surface area (Å²) in [6, 6.07) is 8.40. The van der Waals surface area contributed by atoms with Gasteiger partial charge in [-0.3, -0.25) is 19.0 Å². The van der Waals surface area contributed by atoms with Gasteiger partial charge < -0.3 is 20.3 Å². The Labute approximate surface area is 234 Å². The molecule has 1 atom stereocenters. The van der Waals surface area contributed by atoms with E-state index in [9.17, 15) is 31.9 Å². The van der Waals surface area contributed by atoms with Crippen LogP contribution in [-0.4, -0.2) is 28.6 Å². The molecule has 2 amide bonds. The third kappa shape index (κ3) is 6.09. The van der Waals surface area contributed by atoms with Crippen molar-refractivity contribution in [2.75, 3.05) is 12.4 Å². The quantitative estimate of drug-likeness (QED) is 0.253. The van der Waals surface area contributed by atoms with E-state index >= 15 is 0 Å². The van der Waals surface area contributed by atoms with Crippen molar-refractivity contribution in [1.29, 1.82) is 0 Å². The maximum atomic E-state index is 14.2. The Bertz CT molecular complexity index is 1700. The van der Waals surface area contributed by atoms with Crippen LogP contribution in [0.3, 0.4) is 0 Å². The molecule has 0 saturated carbocycles. The van der Waals surface area contributed by atoms with Gasteiger partial charge in [-0.2, -0.15) is 13.2 Å². The number of ether oxygens (including phenoxy) is 1. The Hall–Kier alpha value is -4.65. The Morgan fingerprint density at radius 2 is 1.85 bits per heavy atom. The molecular weight excluding hydrogens is 572 g/mol. The summed E-state index contributed by atoms with van der Waals surface area (Å²) in [4.78, 5) is 37.6. The van der Waals surface area contributed by atoms with Crippen LogP contribution in [0.1, 0.15) is 35.5 Å². The van der Waals surface area contributed by atoms with Crippen LogP contribution >= 0.6 is 11.6 Å². The van der Waals surface area contributed by atoms with E-state index in [-0.39, 0.29) is 50.8 Å². The van der Waals surface area contributed by atoms with Crippen LogP contribution in [0, 0.1) is 5.82 Å². The highest BCUT2D eigenvalue weighted by atomic mass is 35.5. The van der Waals surface area contributed by atoms with Gasteiger partial charge >= 0.3 is 6.18 Å². The maximum Gasteiger partial charge on any atom is 0.452 e. The van der Waals surface area contributed by atoms with Crippen molar-refractivity contribution in [3.63, 3.8) is 0 Å². The molecule has 2 aromatic heterocycles. The summed E-state index contributed by atoms with van der Waals surface area (Å²) in [5.41, 5.74) is 4.54. The lowest BCUT2D eigenvalue weighted by atomic mass is 9.97. The monoisotopic (exact) mass is 592 g/mol. The Kier molecular flexibility index (Phi) is 8.19. The van der Waals surface area contributed by atoms with E-state index in [1.54, 1.807) is 6.92 Å². The zero-order valence-corrected chi connectivity index (χ0v) is 22.1. The lowest BCUT2D eigenvalue weighted by molar-refractivity contribution is -0.155. The number of halogens is 5. The van der Waals surface area contributed by atoms with E-state index in [1.165, 1.54) is 37.6 Å². The molecule has 4 aromatic rings. The van der Waals surface area contributed by atoms with Crippen molar-refractivity contribution < 1.29 is 36.4 Å². The second-order valence-corrected chi connectivity index (χ2v) is 9.17. The number of hydrogen-bond acceptors (Lipinski definition) is 6. The van der Waals surface area contributed by atoms with Crippen LogP contribution in [0.25, 0.3) is 22.4 Å². The molecule has 0 saturated heterocycles. The number of rotatable bonds is 8. The number of carbonyl (C=O) groups is 2. The maximum absolute atomic E-state index is 14.2. The molecule has 9 nitrogen and oxygen atoms in total. The van der Waals surface area contributed by atoms with Gasteiger partial charge in [0.2, 0.25) is 11.7 Å². The molecule has 41 heavy (non-hydrogen) atoms. The molecule has 2 heterocycles. The normalized spacial score (nSPS) is 12.2. The van der Waals surface area contributed by atoms with E-state index in [2.05, 4.69) is 15.0 Å². The molecular formula is C27H21ClF4N4O5. The van der Waals surface area contributed by atoms with Gasteiger partial charge in [-0.05, 0) is 42.3 Å². The average Bonchev–Trinajstić information content (AvgIpc) is 3.40. The number of benzene rings is 2. The first kappa shape index (κ1) is 29.3. The van der Waals surface area contributed by atoms with Crippen molar-refractivity contribution in [1.82, 2.24) is 9.72 Å². The molecule has 0 spiro atoms. The van der Waals surface area contributed by atoms with Crippen molar-refractivity contribution in [3.8, 4) is 28.1 Å². The summed E-state index contributed by atoms with van der Waals surface area (Å²) in [6.45, 7) is 1.64. The zero-order valence-electron chi connectivity index (χ0n) is 21.4. The number of primary amides is 1. The van der Waals surface area contributed by atoms with Gasteiger partial charge in [0.25, 0.3) is 11.5 Å². The Balaban J connectivity index is 1.74. The molecule has 4 rings (SSSR count). The highest BCUT2D eigenvalue weighted by molar-refractivity contribution is 6.31. The lowest BCUT2D eigenvalue weighted by Crippen LogP contribution is -2.32. The molecule has 0 fully saturated rings. The molecule has 14 heteroatoms. The summed E-state index contributed by atoms with van der Waals surface area (Å²) in [7, 11) is 1.31. The highest BCUT2D eigenvalue weighted by Gasteiger charge is 2.36. The molecule has 0 aliphatic rings. The van der Waals surface area contributed by atoms with E-state index in [0.717, 1.165) is 28.8 Å². The number of aromatic nitrogens is 2. The van der Waals surface area contributed by atoms with Crippen LogP contribution in [-0.2, 0) is 11.0 Å². The number of nitrogens with one attached hydrogen (secondary N) is 1. The van der Waals surface area contributed by atoms with E-state index in [0.29, 0.717) is 0 Å². The van der Waals surface area contributed by atoms with Crippen molar-refractivity contribution in [2.24, 2.45) is 5.73 Å². The number of amides is 2. The highest BCUT2D eigenvalue weighted by Crippen LogP contribution is 2.40. The van der Waals surface area contributed by atoms with E-state index in [1.807, 2.05) is 0 Å². The van der Waals surface area contributed by atoms with E-state index in [4.69, 9.17) is 22.1 Å². The van der Waals surface area contributed by atoms with Crippen LogP contribution in [0.5, 0.6) is 5.75 Å². The van der Waals surface area contributed by atoms with Gasteiger partial charge in [0.05, 0.1) is 18.9 Å². The molecule has 0 aliphatic carbocycles. The largest absolute Gasteiger partial charge is 0.495 e. The number of nitrogens with zero attached hydrogens (tertiary/aromatic N) is 2. The summed E-state index contributed by atoms with van der Waals surface area (Å²) < 4.78 is 64.5. The molecule has 3 N–H and O–H groups in total. The first-order chi connectivity index (χ1) is 19.3. The SMILES string of the molecule is CCC(C(=O)Nc1ccc(C(N)=O)c(F)c1)n1cc(OC)c(-c2cc(Cl)ccc2-c2cc(C(F)(F)F)on2)cc1=O. The fourth-order valence-corrected chi connectivity index (χ4v) is 4.34. The predicted molar refractivity (Wildman–Crippen MR) is 141 cm³/mol. The van der Waals surface area contributed by atoms with Gasteiger partial charge in [0.15, 0.2) is 0 Å². The lowest BCUT2D eigenvalue weighted by Gasteiger charge is -2.20. The van der Waals surface area contributed by atoms with Gasteiger partial charge in [-0.1, -0.05) is 29.7 Å². The summed E-state index contributed by atoms with van der Waals surface area (Å²) >= 11 is 6.17. The molecule has 1 unspecified atom stereocenters. The minimum Gasteiger partial charge on any atom is -0.495 e. The number of nitrogens with two attached hydrogens (primary N) is 1. The third-order valence-electron chi connectivity index (χ3n) is 6.13. The molecule has 214 valence electrons. The summed E-state index contributed by atoms with van der Waals surface area (Å²) in [5.74, 6) is -3.79. The number of carbonyl (C=O) groups excluding carboxylic acids is 2. The van der Waals surface area contributed by atoms with Gasteiger partial charge in [-0.15, -0.1) is 0 Å². The fraction of sp³-hybridized carbons (Fsp3) is 0.185. The van der Waals surface area contributed by atoms with Gasteiger partial charge in [0.1, 0.15) is 23.3 Å². The fourth-order valence-electron chi connectivity index (χ4n) is 4.17. The topological polar surface area (TPSA) is 129 Å². The molecule has 0 aliphatic heterocycles. The average molecular weight is 593 g/mol. The first-order valence-corrected chi connectivity index (χ1v) is 12.3. The Morgan fingerprint density at radius 3 is 2.44 bits per heavy atom. The van der Waals surface area contributed by atoms with Crippen LogP contribution in [0.4, 0.5) is 23.2 Å². The molecule has 0 bridgehead atoms. The van der Waals surface area contributed by atoms with Gasteiger partial charge in [-0.25, -0.2) is 4.39 Å². The second-order valence-electron chi connectivity index (χ2n) is 8.74. The predicted octanol–water partition coefficient (Wildman–Crippen LogP) is 5.68. The first-order valence-electron chi connectivity index (χ1n) is 11.9. The summed E-state index contributed by atoms with van der Waals surface area (Å²) in [5, 5.41) is 6.24. The number of methoxy groups -OCH3 is 1. The van der Waals surface area contributed by atoms with Crippen molar-refractivity contribution >= 4 is 29.1 Å².